The summed E-state index contributed by atoms with van der Waals surface area (Å²) in [6.07, 6.45) is 0. The van der Waals surface area contributed by atoms with E-state index >= 15 is 0 Å². The van der Waals surface area contributed by atoms with Crippen molar-refractivity contribution < 1.29 is 12.8 Å². The summed E-state index contributed by atoms with van der Waals surface area (Å²) >= 11 is 0. The van der Waals surface area contributed by atoms with Crippen molar-refractivity contribution in [2.75, 3.05) is 0 Å². The summed E-state index contributed by atoms with van der Waals surface area (Å²) in [5.41, 5.74) is 0.317. The van der Waals surface area contributed by atoms with Crippen molar-refractivity contribution in [1.82, 2.24) is 4.72 Å². The molecule has 0 saturated heterocycles. The fourth-order valence-corrected chi connectivity index (χ4v) is 2.53. The first-order chi connectivity index (χ1) is 8.59. The Labute approximate surface area is 105 Å². The van der Waals surface area contributed by atoms with Crippen LogP contribution in [0.3, 0.4) is 0 Å². The van der Waals surface area contributed by atoms with Crippen LogP contribution in [0.4, 0.5) is 4.39 Å². The Morgan fingerprint density at radius 2 is 1.56 bits per heavy atom. The maximum Gasteiger partial charge on any atom is 0.240 e. The highest BCUT2D eigenvalue weighted by Crippen LogP contribution is 2.10. The molecular weight excluding hydrogens is 253 g/mol. The van der Waals surface area contributed by atoms with Crippen molar-refractivity contribution in [3.05, 3.63) is 66.0 Å². The molecular formula is C13H12FNO2S. The second kappa shape index (κ2) is 5.29. The fraction of sp³-hybridized carbons (Fsp3) is 0.0769. The van der Waals surface area contributed by atoms with Crippen LogP contribution < -0.4 is 4.72 Å². The highest BCUT2D eigenvalue weighted by Gasteiger charge is 2.13. The summed E-state index contributed by atoms with van der Waals surface area (Å²) in [4.78, 5) is 0.168. The molecule has 0 aromatic heterocycles. The molecule has 0 aliphatic heterocycles. The summed E-state index contributed by atoms with van der Waals surface area (Å²) < 4.78 is 39.5. The lowest BCUT2D eigenvalue weighted by atomic mass is 10.2. The molecule has 3 nitrogen and oxygen atoms in total. The van der Waals surface area contributed by atoms with Gasteiger partial charge >= 0.3 is 0 Å². The van der Waals surface area contributed by atoms with Gasteiger partial charge in [-0.2, -0.15) is 0 Å². The lowest BCUT2D eigenvalue weighted by molar-refractivity contribution is 0.574. The standard InChI is InChI=1S/C13H12FNO2S/c14-13-9-5-4-6-11(13)10-15-18(16,17)12-7-2-1-3-8-12/h1-9,15H,10H2. The van der Waals surface area contributed by atoms with Gasteiger partial charge in [-0.05, 0) is 18.2 Å². The molecule has 0 radical (unpaired) electrons. The molecule has 0 aliphatic carbocycles. The smallest absolute Gasteiger partial charge is 0.207 e. The minimum absolute atomic E-state index is 0.0656. The van der Waals surface area contributed by atoms with Gasteiger partial charge in [-0.25, -0.2) is 17.5 Å². The van der Waals surface area contributed by atoms with Gasteiger partial charge in [0.05, 0.1) is 4.90 Å². The van der Waals surface area contributed by atoms with E-state index in [4.69, 9.17) is 0 Å². The molecule has 0 heterocycles. The first kappa shape index (κ1) is 12.7. The highest BCUT2D eigenvalue weighted by atomic mass is 32.2. The minimum atomic E-state index is -3.59. The molecule has 2 aromatic rings. The molecule has 0 atom stereocenters. The van der Waals surface area contributed by atoms with Crippen LogP contribution in [-0.4, -0.2) is 8.42 Å². The van der Waals surface area contributed by atoms with Gasteiger partial charge in [0.15, 0.2) is 0 Å². The van der Waals surface area contributed by atoms with Crippen LogP contribution in [0.15, 0.2) is 59.5 Å². The number of hydrogen-bond acceptors (Lipinski definition) is 2. The monoisotopic (exact) mass is 265 g/mol. The Bertz CT molecular complexity index is 626. The van der Waals surface area contributed by atoms with Crippen molar-refractivity contribution in [2.45, 2.75) is 11.4 Å². The van der Waals surface area contributed by atoms with Gasteiger partial charge in [0.1, 0.15) is 5.82 Å². The summed E-state index contributed by atoms with van der Waals surface area (Å²) in [6.45, 7) is -0.0656. The second-order valence-corrected chi connectivity index (χ2v) is 5.50. The first-order valence-corrected chi connectivity index (χ1v) is 6.86. The van der Waals surface area contributed by atoms with Gasteiger partial charge in [-0.15, -0.1) is 0 Å². The molecule has 18 heavy (non-hydrogen) atoms. The number of rotatable bonds is 4. The molecule has 2 rings (SSSR count). The zero-order valence-electron chi connectivity index (χ0n) is 9.51. The number of halogens is 1. The lowest BCUT2D eigenvalue weighted by Gasteiger charge is -2.07. The molecule has 0 saturated carbocycles. The van der Waals surface area contributed by atoms with Crippen LogP contribution in [0.2, 0.25) is 0 Å². The van der Waals surface area contributed by atoms with Crippen molar-refractivity contribution in [3.63, 3.8) is 0 Å². The molecule has 0 aliphatic rings. The normalized spacial score (nSPS) is 11.4. The van der Waals surface area contributed by atoms with E-state index in [1.807, 2.05) is 0 Å². The second-order valence-electron chi connectivity index (χ2n) is 3.73. The van der Waals surface area contributed by atoms with Crippen LogP contribution in [0.25, 0.3) is 0 Å². The minimum Gasteiger partial charge on any atom is -0.207 e. The molecule has 94 valence electrons. The van der Waals surface area contributed by atoms with Crippen molar-refractivity contribution >= 4 is 10.0 Å². The van der Waals surface area contributed by atoms with Crippen molar-refractivity contribution in [2.24, 2.45) is 0 Å². The quantitative estimate of drug-likeness (QED) is 0.922. The van der Waals surface area contributed by atoms with Crippen molar-refractivity contribution in [1.29, 1.82) is 0 Å². The highest BCUT2D eigenvalue weighted by molar-refractivity contribution is 7.89. The van der Waals surface area contributed by atoms with E-state index < -0.39 is 15.8 Å². The Morgan fingerprint density at radius 1 is 0.944 bits per heavy atom. The van der Waals surface area contributed by atoms with E-state index in [1.165, 1.54) is 18.2 Å². The third kappa shape index (κ3) is 2.94. The SMILES string of the molecule is O=S(=O)(NCc1ccccc1F)c1ccccc1. The Kier molecular flexibility index (Phi) is 3.74. The average molecular weight is 265 g/mol. The van der Waals surface area contributed by atoms with Gasteiger partial charge in [0.25, 0.3) is 0 Å². The maximum atomic E-state index is 13.3. The number of nitrogens with one attached hydrogen (secondary N) is 1. The summed E-state index contributed by atoms with van der Waals surface area (Å²) in [5, 5.41) is 0. The van der Waals surface area contributed by atoms with Crippen LogP contribution >= 0.6 is 0 Å². The number of hydrogen-bond donors (Lipinski definition) is 1. The topological polar surface area (TPSA) is 46.2 Å². The largest absolute Gasteiger partial charge is 0.240 e. The van der Waals surface area contributed by atoms with Crippen LogP contribution in [0.1, 0.15) is 5.56 Å². The van der Waals surface area contributed by atoms with Gasteiger partial charge in [-0.1, -0.05) is 36.4 Å². The molecule has 5 heteroatoms. The number of benzene rings is 2. The first-order valence-electron chi connectivity index (χ1n) is 5.38. The maximum absolute atomic E-state index is 13.3. The van der Waals surface area contributed by atoms with E-state index in [0.29, 0.717) is 5.56 Å². The molecule has 0 fully saturated rings. The van der Waals surface area contributed by atoms with Crippen molar-refractivity contribution in [3.8, 4) is 0 Å². The van der Waals surface area contributed by atoms with E-state index in [-0.39, 0.29) is 11.4 Å². The molecule has 0 unspecified atom stereocenters. The third-order valence-corrected chi connectivity index (χ3v) is 3.88. The Morgan fingerprint density at radius 3 is 2.22 bits per heavy atom. The zero-order chi connectivity index (χ0) is 13.0. The van der Waals surface area contributed by atoms with E-state index in [0.717, 1.165) is 0 Å². The molecule has 1 N–H and O–H groups in total. The predicted octanol–water partition coefficient (Wildman–Crippen LogP) is 2.30. The predicted molar refractivity (Wildman–Crippen MR) is 66.9 cm³/mol. The van der Waals surface area contributed by atoms with Crippen LogP contribution in [-0.2, 0) is 16.6 Å². The van der Waals surface area contributed by atoms with Gasteiger partial charge in [0.2, 0.25) is 10.0 Å². The molecule has 0 amide bonds. The van der Waals surface area contributed by atoms with Crippen LogP contribution in [0, 0.1) is 5.82 Å². The zero-order valence-corrected chi connectivity index (χ0v) is 10.3. The molecule has 0 spiro atoms. The van der Waals surface area contributed by atoms with E-state index in [9.17, 15) is 12.8 Å². The fourth-order valence-electron chi connectivity index (χ4n) is 1.50. The van der Waals surface area contributed by atoms with Gasteiger partial charge in [-0.3, -0.25) is 0 Å². The van der Waals surface area contributed by atoms with Gasteiger partial charge < -0.3 is 0 Å². The lowest BCUT2D eigenvalue weighted by Crippen LogP contribution is -2.23. The number of sulfonamides is 1. The Balaban J connectivity index is 2.14. The summed E-state index contributed by atoms with van der Waals surface area (Å²) in [7, 11) is -3.59. The Hall–Kier alpha value is -1.72. The van der Waals surface area contributed by atoms with E-state index in [1.54, 1.807) is 36.4 Å². The van der Waals surface area contributed by atoms with E-state index in [2.05, 4.69) is 4.72 Å². The third-order valence-electron chi connectivity index (χ3n) is 2.46. The summed E-state index contributed by atoms with van der Waals surface area (Å²) in [6, 6.07) is 14.0. The molecule has 2 aromatic carbocycles. The average Bonchev–Trinajstić information content (AvgIpc) is 2.39. The summed E-state index contributed by atoms with van der Waals surface area (Å²) in [5.74, 6) is -0.423. The van der Waals surface area contributed by atoms with Crippen LogP contribution in [0.5, 0.6) is 0 Å². The molecule has 0 bridgehead atoms. The van der Waals surface area contributed by atoms with Gasteiger partial charge in [0, 0.05) is 12.1 Å².